The molecule has 1 aromatic rings. The van der Waals surface area contributed by atoms with Gasteiger partial charge >= 0.3 is 0 Å². The first-order valence-electron chi connectivity index (χ1n) is 8.31. The minimum atomic E-state index is -0.126. The van der Waals surface area contributed by atoms with Gasteiger partial charge in [-0.2, -0.15) is 0 Å². The van der Waals surface area contributed by atoms with Crippen LogP contribution in [0.3, 0.4) is 0 Å². The molecule has 1 N–H and O–H groups in total. The van der Waals surface area contributed by atoms with Crippen molar-refractivity contribution in [2.24, 2.45) is 11.8 Å². The van der Waals surface area contributed by atoms with E-state index in [0.29, 0.717) is 19.5 Å². The number of carbonyl (C=O) groups is 2. The zero-order valence-corrected chi connectivity index (χ0v) is 13.7. The standard InChI is InChI=1S/C17H24N4O2/c1-12(2)19-16(22)13-11-14(13)17(23)21-9-7-20(8-10-21)15-5-3-4-6-18-15/h3-6,12-14H,7-11H2,1-2H3,(H,19,22). The number of anilines is 1. The molecular formula is C17H24N4O2. The molecule has 3 rings (SSSR count). The Morgan fingerprint density at radius 2 is 1.91 bits per heavy atom. The summed E-state index contributed by atoms with van der Waals surface area (Å²) < 4.78 is 0. The molecule has 2 unspecified atom stereocenters. The maximum Gasteiger partial charge on any atom is 0.226 e. The molecule has 0 bridgehead atoms. The molecule has 6 heteroatoms. The van der Waals surface area contributed by atoms with Crippen molar-refractivity contribution >= 4 is 17.6 Å². The lowest BCUT2D eigenvalue weighted by Crippen LogP contribution is -2.49. The van der Waals surface area contributed by atoms with Crippen LogP contribution in [0, 0.1) is 11.8 Å². The van der Waals surface area contributed by atoms with Crippen LogP contribution >= 0.6 is 0 Å². The average Bonchev–Trinajstić information content (AvgIpc) is 3.35. The number of piperazine rings is 1. The topological polar surface area (TPSA) is 65.5 Å². The summed E-state index contributed by atoms with van der Waals surface area (Å²) in [5, 5.41) is 2.89. The number of hydrogen-bond acceptors (Lipinski definition) is 4. The molecular weight excluding hydrogens is 292 g/mol. The van der Waals surface area contributed by atoms with E-state index in [2.05, 4.69) is 15.2 Å². The van der Waals surface area contributed by atoms with Crippen LogP contribution in [0.2, 0.25) is 0 Å². The molecule has 1 saturated carbocycles. The number of hydrogen-bond donors (Lipinski definition) is 1. The van der Waals surface area contributed by atoms with Crippen LogP contribution in [-0.4, -0.2) is 53.9 Å². The predicted molar refractivity (Wildman–Crippen MR) is 87.9 cm³/mol. The van der Waals surface area contributed by atoms with E-state index in [0.717, 1.165) is 18.9 Å². The Hall–Kier alpha value is -2.11. The van der Waals surface area contributed by atoms with Crippen LogP contribution < -0.4 is 10.2 Å². The van der Waals surface area contributed by atoms with Gasteiger partial charge in [0.2, 0.25) is 11.8 Å². The van der Waals surface area contributed by atoms with Crippen LogP contribution in [0.25, 0.3) is 0 Å². The van der Waals surface area contributed by atoms with Gasteiger partial charge in [0.05, 0.1) is 11.8 Å². The monoisotopic (exact) mass is 316 g/mol. The largest absolute Gasteiger partial charge is 0.354 e. The predicted octanol–water partition coefficient (Wildman–Crippen LogP) is 0.891. The Bertz CT molecular complexity index is 567. The first-order chi connectivity index (χ1) is 11.1. The zero-order chi connectivity index (χ0) is 16.4. The number of aromatic nitrogens is 1. The van der Waals surface area contributed by atoms with E-state index in [1.54, 1.807) is 6.20 Å². The Morgan fingerprint density at radius 1 is 1.17 bits per heavy atom. The maximum atomic E-state index is 12.5. The van der Waals surface area contributed by atoms with Crippen molar-refractivity contribution in [3.8, 4) is 0 Å². The summed E-state index contributed by atoms with van der Waals surface area (Å²) in [4.78, 5) is 32.9. The molecule has 0 radical (unpaired) electrons. The van der Waals surface area contributed by atoms with Crippen molar-refractivity contribution < 1.29 is 9.59 Å². The third-order valence-corrected chi connectivity index (χ3v) is 4.44. The number of carbonyl (C=O) groups excluding carboxylic acids is 2. The van der Waals surface area contributed by atoms with E-state index in [1.807, 2.05) is 36.9 Å². The van der Waals surface area contributed by atoms with Gasteiger partial charge in [0.25, 0.3) is 0 Å². The summed E-state index contributed by atoms with van der Waals surface area (Å²) in [7, 11) is 0. The molecule has 23 heavy (non-hydrogen) atoms. The quantitative estimate of drug-likeness (QED) is 0.896. The van der Waals surface area contributed by atoms with Crippen LogP contribution in [-0.2, 0) is 9.59 Å². The van der Waals surface area contributed by atoms with Gasteiger partial charge in [0.1, 0.15) is 5.82 Å². The number of rotatable bonds is 4. The van der Waals surface area contributed by atoms with Crippen LogP contribution in [0.1, 0.15) is 20.3 Å². The fraction of sp³-hybridized carbons (Fsp3) is 0.588. The molecule has 2 fully saturated rings. The normalized spacial score (nSPS) is 23.8. The highest BCUT2D eigenvalue weighted by Gasteiger charge is 2.49. The number of amides is 2. The number of pyridine rings is 1. The van der Waals surface area contributed by atoms with Crippen LogP contribution in [0.15, 0.2) is 24.4 Å². The van der Waals surface area contributed by atoms with Gasteiger partial charge in [0.15, 0.2) is 0 Å². The summed E-state index contributed by atoms with van der Waals surface area (Å²) in [6, 6.07) is 5.99. The van der Waals surface area contributed by atoms with Gasteiger partial charge in [-0.1, -0.05) is 6.07 Å². The lowest BCUT2D eigenvalue weighted by Gasteiger charge is -2.35. The van der Waals surface area contributed by atoms with Crippen molar-refractivity contribution in [2.75, 3.05) is 31.1 Å². The van der Waals surface area contributed by atoms with Crippen molar-refractivity contribution in [3.05, 3.63) is 24.4 Å². The van der Waals surface area contributed by atoms with E-state index in [-0.39, 0.29) is 29.7 Å². The van der Waals surface area contributed by atoms with Gasteiger partial charge in [-0.15, -0.1) is 0 Å². The van der Waals surface area contributed by atoms with E-state index in [9.17, 15) is 9.59 Å². The lowest BCUT2D eigenvalue weighted by molar-refractivity contribution is -0.135. The Morgan fingerprint density at radius 3 is 2.52 bits per heavy atom. The van der Waals surface area contributed by atoms with E-state index < -0.39 is 0 Å². The molecule has 2 heterocycles. The molecule has 2 atom stereocenters. The molecule has 0 aromatic carbocycles. The summed E-state index contributed by atoms with van der Waals surface area (Å²) >= 11 is 0. The van der Waals surface area contributed by atoms with Gasteiger partial charge in [-0.25, -0.2) is 4.98 Å². The Kier molecular flexibility index (Phi) is 4.50. The van der Waals surface area contributed by atoms with Crippen LogP contribution in [0.5, 0.6) is 0 Å². The second kappa shape index (κ2) is 6.56. The van der Waals surface area contributed by atoms with Gasteiger partial charge in [-0.3, -0.25) is 9.59 Å². The number of nitrogens with one attached hydrogen (secondary N) is 1. The molecule has 1 aliphatic carbocycles. The lowest BCUT2D eigenvalue weighted by atomic mass is 10.2. The average molecular weight is 316 g/mol. The second-order valence-corrected chi connectivity index (χ2v) is 6.61. The third kappa shape index (κ3) is 3.63. The van der Waals surface area contributed by atoms with E-state index in [1.165, 1.54) is 0 Å². The van der Waals surface area contributed by atoms with Gasteiger partial charge in [0, 0.05) is 38.4 Å². The first kappa shape index (κ1) is 15.8. The second-order valence-electron chi connectivity index (χ2n) is 6.61. The fourth-order valence-corrected chi connectivity index (χ4v) is 3.08. The molecule has 6 nitrogen and oxygen atoms in total. The zero-order valence-electron chi connectivity index (χ0n) is 13.7. The fourth-order valence-electron chi connectivity index (χ4n) is 3.08. The number of nitrogens with zero attached hydrogens (tertiary/aromatic N) is 3. The van der Waals surface area contributed by atoms with Gasteiger partial charge in [-0.05, 0) is 32.4 Å². The highest BCUT2D eigenvalue weighted by molar-refractivity contribution is 5.92. The molecule has 1 saturated heterocycles. The summed E-state index contributed by atoms with van der Waals surface area (Å²) in [5.41, 5.74) is 0. The first-order valence-corrected chi connectivity index (χ1v) is 8.31. The smallest absolute Gasteiger partial charge is 0.226 e. The highest BCUT2D eigenvalue weighted by Crippen LogP contribution is 2.40. The van der Waals surface area contributed by atoms with Crippen molar-refractivity contribution in [2.45, 2.75) is 26.3 Å². The molecule has 2 amide bonds. The molecule has 1 aromatic heterocycles. The summed E-state index contributed by atoms with van der Waals surface area (Å²) in [6.45, 7) is 6.85. The SMILES string of the molecule is CC(C)NC(=O)C1CC1C(=O)N1CCN(c2ccccn2)CC1. The van der Waals surface area contributed by atoms with E-state index in [4.69, 9.17) is 0 Å². The molecule has 124 valence electrons. The van der Waals surface area contributed by atoms with Crippen molar-refractivity contribution in [3.63, 3.8) is 0 Å². The van der Waals surface area contributed by atoms with Crippen molar-refractivity contribution in [1.82, 2.24) is 15.2 Å². The third-order valence-electron chi connectivity index (χ3n) is 4.44. The molecule has 0 spiro atoms. The summed E-state index contributed by atoms with van der Waals surface area (Å²) in [5.74, 6) is 0.870. The molecule has 1 aliphatic heterocycles. The Labute approximate surface area is 136 Å². The van der Waals surface area contributed by atoms with Crippen LogP contribution in [0.4, 0.5) is 5.82 Å². The van der Waals surface area contributed by atoms with E-state index >= 15 is 0 Å². The van der Waals surface area contributed by atoms with Crippen molar-refractivity contribution in [1.29, 1.82) is 0 Å². The Balaban J connectivity index is 1.49. The van der Waals surface area contributed by atoms with Gasteiger partial charge < -0.3 is 15.1 Å². The molecule has 2 aliphatic rings. The summed E-state index contributed by atoms with van der Waals surface area (Å²) in [6.07, 6.45) is 2.48. The minimum Gasteiger partial charge on any atom is -0.354 e. The maximum absolute atomic E-state index is 12.5. The minimum absolute atomic E-state index is 0.0190. The highest BCUT2D eigenvalue weighted by atomic mass is 16.2.